The van der Waals surface area contributed by atoms with Gasteiger partial charge in [-0.25, -0.2) is 4.98 Å². The predicted molar refractivity (Wildman–Crippen MR) is 98.3 cm³/mol. The van der Waals surface area contributed by atoms with E-state index < -0.39 is 0 Å². The average Bonchev–Trinajstić information content (AvgIpc) is 2.71. The smallest absolute Gasteiger partial charge is 0.261 e. The molecule has 3 aromatic rings. The van der Waals surface area contributed by atoms with Crippen molar-refractivity contribution in [2.75, 3.05) is 13.1 Å². The maximum Gasteiger partial charge on any atom is 0.261 e. The molecule has 3 heterocycles. The van der Waals surface area contributed by atoms with E-state index in [1.807, 2.05) is 6.07 Å². The van der Waals surface area contributed by atoms with Gasteiger partial charge in [-0.3, -0.25) is 14.2 Å². The summed E-state index contributed by atoms with van der Waals surface area (Å²) in [6, 6.07) is 10.6. The maximum atomic E-state index is 12.7. The molecule has 0 radical (unpaired) electrons. The van der Waals surface area contributed by atoms with Crippen LogP contribution in [0, 0.1) is 0 Å². The van der Waals surface area contributed by atoms with Crippen molar-refractivity contribution in [3.63, 3.8) is 0 Å². The minimum atomic E-state index is -0.210. The second-order valence-corrected chi connectivity index (χ2v) is 6.48. The third-order valence-corrected chi connectivity index (χ3v) is 4.60. The normalized spacial score (nSPS) is 17.0. The van der Waals surface area contributed by atoms with Crippen LogP contribution < -0.4 is 10.3 Å². The van der Waals surface area contributed by atoms with Crippen molar-refractivity contribution in [1.82, 2.24) is 24.6 Å². The fourth-order valence-corrected chi connectivity index (χ4v) is 3.25. The van der Waals surface area contributed by atoms with Gasteiger partial charge in [-0.05, 0) is 31.0 Å². The monoisotopic (exact) mass is 365 g/mol. The lowest BCUT2D eigenvalue weighted by Gasteiger charge is -2.32. The SMILES string of the molecule is O=C(Cn1cnc2ccccc2c1=O)N1CCCC(Oc2cccnn2)C1. The number of fused-ring (bicyclic) bond motifs is 1. The molecule has 0 N–H and O–H groups in total. The summed E-state index contributed by atoms with van der Waals surface area (Å²) in [5.41, 5.74) is 0.417. The van der Waals surface area contributed by atoms with Crippen LogP contribution in [-0.2, 0) is 11.3 Å². The fraction of sp³-hybridized carbons (Fsp3) is 0.316. The predicted octanol–water partition coefficient (Wildman–Crippen LogP) is 1.26. The summed E-state index contributed by atoms with van der Waals surface area (Å²) in [4.78, 5) is 31.3. The summed E-state index contributed by atoms with van der Waals surface area (Å²) < 4.78 is 7.18. The van der Waals surface area contributed by atoms with Gasteiger partial charge in [0.15, 0.2) is 0 Å². The molecule has 1 amide bonds. The molecule has 1 aliphatic heterocycles. The van der Waals surface area contributed by atoms with Gasteiger partial charge >= 0.3 is 0 Å². The molecule has 1 saturated heterocycles. The number of piperidine rings is 1. The molecule has 1 unspecified atom stereocenters. The van der Waals surface area contributed by atoms with Gasteiger partial charge in [0.1, 0.15) is 12.6 Å². The second kappa shape index (κ2) is 7.53. The van der Waals surface area contributed by atoms with E-state index >= 15 is 0 Å². The van der Waals surface area contributed by atoms with E-state index in [1.54, 1.807) is 41.4 Å². The van der Waals surface area contributed by atoms with Crippen LogP contribution in [0.5, 0.6) is 5.88 Å². The summed E-state index contributed by atoms with van der Waals surface area (Å²) in [5.74, 6) is 0.327. The topological polar surface area (TPSA) is 90.2 Å². The summed E-state index contributed by atoms with van der Waals surface area (Å²) in [5, 5.41) is 8.23. The second-order valence-electron chi connectivity index (χ2n) is 6.48. The van der Waals surface area contributed by atoms with Crippen molar-refractivity contribution in [3.8, 4) is 5.88 Å². The molecular weight excluding hydrogens is 346 g/mol. The molecule has 8 heteroatoms. The van der Waals surface area contributed by atoms with Crippen molar-refractivity contribution in [2.24, 2.45) is 0 Å². The van der Waals surface area contributed by atoms with Crippen molar-refractivity contribution < 1.29 is 9.53 Å². The Hall–Kier alpha value is -3.29. The van der Waals surface area contributed by atoms with Gasteiger partial charge in [0, 0.05) is 18.8 Å². The number of carbonyl (C=O) groups is 1. The first-order chi connectivity index (χ1) is 13.2. The Bertz CT molecular complexity index is 1000. The summed E-state index contributed by atoms with van der Waals surface area (Å²) >= 11 is 0. The standard InChI is InChI=1S/C19H19N5O3/c25-18(12-24-13-20-16-7-2-1-6-15(16)19(24)26)23-10-4-5-14(11-23)27-17-8-3-9-21-22-17/h1-3,6-9,13-14H,4-5,10-12H2. The van der Waals surface area contributed by atoms with Crippen LogP contribution in [0.2, 0.25) is 0 Å². The Labute approximate surface area is 155 Å². The van der Waals surface area contributed by atoms with Gasteiger partial charge in [0.25, 0.3) is 5.56 Å². The molecular formula is C19H19N5O3. The van der Waals surface area contributed by atoms with E-state index in [-0.39, 0.29) is 24.1 Å². The van der Waals surface area contributed by atoms with E-state index in [0.29, 0.717) is 29.9 Å². The zero-order valence-electron chi connectivity index (χ0n) is 14.7. The fourth-order valence-electron chi connectivity index (χ4n) is 3.25. The minimum absolute atomic E-state index is 0.0332. The quantitative estimate of drug-likeness (QED) is 0.691. The highest BCUT2D eigenvalue weighted by atomic mass is 16.5. The number of likely N-dealkylation sites (tertiary alicyclic amines) is 1. The van der Waals surface area contributed by atoms with Gasteiger partial charge < -0.3 is 9.64 Å². The largest absolute Gasteiger partial charge is 0.471 e. The van der Waals surface area contributed by atoms with Crippen LogP contribution in [0.4, 0.5) is 0 Å². The van der Waals surface area contributed by atoms with Gasteiger partial charge in [-0.2, -0.15) is 5.10 Å². The van der Waals surface area contributed by atoms with Crippen LogP contribution in [0.3, 0.4) is 0 Å². The van der Waals surface area contributed by atoms with Crippen molar-refractivity contribution in [1.29, 1.82) is 0 Å². The number of para-hydroxylation sites is 1. The third-order valence-electron chi connectivity index (χ3n) is 4.60. The molecule has 1 aromatic carbocycles. The van der Waals surface area contributed by atoms with Crippen LogP contribution in [-0.4, -0.2) is 49.7 Å². The highest BCUT2D eigenvalue weighted by Gasteiger charge is 2.25. The van der Waals surface area contributed by atoms with Crippen molar-refractivity contribution >= 4 is 16.8 Å². The Morgan fingerprint density at radius 3 is 2.96 bits per heavy atom. The number of hydrogen-bond acceptors (Lipinski definition) is 6. The summed E-state index contributed by atoms with van der Waals surface area (Å²) in [6.45, 7) is 1.08. The number of ether oxygens (including phenoxy) is 1. The van der Waals surface area contributed by atoms with E-state index in [0.717, 1.165) is 12.8 Å². The van der Waals surface area contributed by atoms with Crippen molar-refractivity contribution in [3.05, 3.63) is 59.3 Å². The van der Waals surface area contributed by atoms with Crippen LogP contribution in [0.15, 0.2) is 53.7 Å². The summed E-state index contributed by atoms with van der Waals surface area (Å²) in [6.07, 6.45) is 4.56. The molecule has 0 saturated carbocycles. The molecule has 1 fully saturated rings. The molecule has 1 aliphatic rings. The van der Waals surface area contributed by atoms with Gasteiger partial charge in [0.2, 0.25) is 11.8 Å². The first-order valence-electron chi connectivity index (χ1n) is 8.87. The van der Waals surface area contributed by atoms with E-state index in [9.17, 15) is 9.59 Å². The Morgan fingerprint density at radius 1 is 1.22 bits per heavy atom. The van der Waals surface area contributed by atoms with Crippen molar-refractivity contribution in [2.45, 2.75) is 25.5 Å². The number of aromatic nitrogens is 4. The molecule has 0 aliphatic carbocycles. The number of benzene rings is 1. The average molecular weight is 365 g/mol. The number of rotatable bonds is 4. The molecule has 2 aromatic heterocycles. The number of amides is 1. The zero-order chi connectivity index (χ0) is 18.6. The molecule has 1 atom stereocenters. The number of hydrogen-bond donors (Lipinski definition) is 0. The first kappa shape index (κ1) is 17.1. The van der Waals surface area contributed by atoms with E-state index in [2.05, 4.69) is 15.2 Å². The minimum Gasteiger partial charge on any atom is -0.471 e. The van der Waals surface area contributed by atoms with E-state index in [1.165, 1.54) is 10.9 Å². The molecule has 4 rings (SSSR count). The molecule has 0 bridgehead atoms. The van der Waals surface area contributed by atoms with Crippen LogP contribution in [0.1, 0.15) is 12.8 Å². The Morgan fingerprint density at radius 2 is 2.11 bits per heavy atom. The summed E-state index contributed by atoms with van der Waals surface area (Å²) in [7, 11) is 0. The third kappa shape index (κ3) is 3.79. The van der Waals surface area contributed by atoms with Crippen LogP contribution in [0.25, 0.3) is 10.9 Å². The van der Waals surface area contributed by atoms with Gasteiger partial charge in [-0.1, -0.05) is 12.1 Å². The zero-order valence-corrected chi connectivity index (χ0v) is 14.7. The molecule has 138 valence electrons. The lowest BCUT2D eigenvalue weighted by Crippen LogP contribution is -2.46. The first-order valence-corrected chi connectivity index (χ1v) is 8.87. The number of nitrogens with zero attached hydrogens (tertiary/aromatic N) is 5. The Kier molecular flexibility index (Phi) is 4.78. The molecule has 27 heavy (non-hydrogen) atoms. The molecule has 8 nitrogen and oxygen atoms in total. The molecule has 0 spiro atoms. The van der Waals surface area contributed by atoms with Gasteiger partial charge in [-0.15, -0.1) is 5.10 Å². The lowest BCUT2D eigenvalue weighted by molar-refractivity contribution is -0.134. The maximum absolute atomic E-state index is 12.7. The van der Waals surface area contributed by atoms with Crippen LogP contribution >= 0.6 is 0 Å². The highest BCUT2D eigenvalue weighted by Crippen LogP contribution is 2.16. The highest BCUT2D eigenvalue weighted by molar-refractivity contribution is 5.79. The van der Waals surface area contributed by atoms with Gasteiger partial charge in [0.05, 0.1) is 23.8 Å². The Balaban J connectivity index is 1.45. The number of carbonyl (C=O) groups excluding carboxylic acids is 1. The van der Waals surface area contributed by atoms with E-state index in [4.69, 9.17) is 4.74 Å². The lowest BCUT2D eigenvalue weighted by atomic mass is 10.1.